The van der Waals surface area contributed by atoms with Crippen LogP contribution in [0.4, 0.5) is 0 Å². The first-order valence-electron chi connectivity index (χ1n) is 9.13. The molecule has 1 saturated carbocycles. The average Bonchev–Trinajstić information content (AvgIpc) is 2.94. The molecule has 6 atom stereocenters. The second-order valence-corrected chi connectivity index (χ2v) is 7.59. The van der Waals surface area contributed by atoms with Crippen LogP contribution < -0.4 is 16.4 Å². The molecule has 2 saturated heterocycles. The van der Waals surface area contributed by atoms with E-state index in [4.69, 9.17) is 5.73 Å². The van der Waals surface area contributed by atoms with E-state index >= 15 is 0 Å². The first-order chi connectivity index (χ1) is 11.6. The van der Waals surface area contributed by atoms with Crippen molar-refractivity contribution in [1.29, 1.82) is 0 Å². The second-order valence-electron chi connectivity index (χ2n) is 7.59. The van der Waals surface area contributed by atoms with Crippen molar-refractivity contribution in [2.24, 2.45) is 11.7 Å². The van der Waals surface area contributed by atoms with E-state index in [9.17, 15) is 4.91 Å². The predicted octanol–water partition coefficient (Wildman–Crippen LogP) is 1.14. The highest BCUT2D eigenvalue weighted by Crippen LogP contribution is 2.36. The Hall–Kier alpha value is -1.50. The summed E-state index contributed by atoms with van der Waals surface area (Å²) in [5, 5.41) is 9.31. The topological polar surface area (TPSA) is 73.4 Å². The van der Waals surface area contributed by atoms with Gasteiger partial charge in [-0.1, -0.05) is 30.3 Å². The van der Waals surface area contributed by atoms with E-state index in [1.807, 2.05) is 13.1 Å². The third-order valence-corrected chi connectivity index (χ3v) is 6.06. The third kappa shape index (κ3) is 2.83. The number of fused-ring (bicyclic) bond motifs is 1. The number of hydrogen-bond donors (Lipinski definition) is 3. The predicted molar refractivity (Wildman–Crippen MR) is 93.0 cm³/mol. The van der Waals surface area contributed by atoms with Crippen LogP contribution in [0.15, 0.2) is 30.3 Å². The fourth-order valence-electron chi connectivity index (χ4n) is 4.75. The van der Waals surface area contributed by atoms with Crippen molar-refractivity contribution in [2.45, 2.75) is 56.0 Å². The zero-order chi connectivity index (χ0) is 16.7. The molecule has 6 heteroatoms. The number of nitrogens with one attached hydrogen (secondary N) is 2. The molecule has 1 aliphatic carbocycles. The number of rotatable bonds is 2. The molecule has 1 aromatic rings. The third-order valence-electron chi connectivity index (χ3n) is 6.06. The normalized spacial score (nSPS) is 39.8. The Morgan fingerprint density at radius 3 is 2.67 bits per heavy atom. The standard InChI is InChI=1S/C18H28N5O/c1-22-10-9-16(23(22)24)17-14-11-13(19)7-8-15(14)20-18(21-17)12-5-3-2-4-6-12/h2-6,13-18,20-21H,7-11,19H2,1H3/q+1. The second kappa shape index (κ2) is 6.43. The van der Waals surface area contributed by atoms with Crippen LogP contribution in [0.25, 0.3) is 0 Å². The highest BCUT2D eigenvalue weighted by atomic mass is 16.3. The number of nitrogens with zero attached hydrogens (tertiary/aromatic N) is 2. The lowest BCUT2D eigenvalue weighted by atomic mass is 9.73. The highest BCUT2D eigenvalue weighted by molar-refractivity contribution is 5.20. The smallest absolute Gasteiger partial charge is 0.251 e. The zero-order valence-electron chi connectivity index (χ0n) is 14.3. The van der Waals surface area contributed by atoms with E-state index in [2.05, 4.69) is 34.9 Å². The number of nitrogens with two attached hydrogens (primary N) is 1. The summed E-state index contributed by atoms with van der Waals surface area (Å²) in [4.78, 5) is 13.7. The molecule has 4 N–H and O–H groups in total. The lowest BCUT2D eigenvalue weighted by molar-refractivity contribution is -0.709. The van der Waals surface area contributed by atoms with Crippen molar-refractivity contribution in [2.75, 3.05) is 13.6 Å². The van der Waals surface area contributed by atoms with E-state index in [1.54, 1.807) is 5.01 Å². The number of hydrazine groups is 1. The minimum absolute atomic E-state index is 0.00103. The average molecular weight is 330 g/mol. The minimum atomic E-state index is 0.00103. The molecule has 0 spiro atoms. The van der Waals surface area contributed by atoms with Gasteiger partial charge in [0, 0.05) is 18.5 Å². The molecule has 3 fully saturated rings. The fourth-order valence-corrected chi connectivity index (χ4v) is 4.75. The molecule has 6 nitrogen and oxygen atoms in total. The molecule has 0 radical (unpaired) electrons. The molecule has 2 aliphatic heterocycles. The summed E-state index contributed by atoms with van der Waals surface area (Å²) < 4.78 is 0. The Morgan fingerprint density at radius 1 is 1.17 bits per heavy atom. The van der Waals surface area contributed by atoms with Crippen LogP contribution in [0.1, 0.15) is 37.4 Å². The first-order valence-corrected chi connectivity index (χ1v) is 9.13. The molecule has 0 amide bonds. The van der Waals surface area contributed by atoms with Gasteiger partial charge in [-0.25, -0.2) is 0 Å². The van der Waals surface area contributed by atoms with Gasteiger partial charge in [0.25, 0.3) is 6.04 Å². The molecule has 2 heterocycles. The summed E-state index contributed by atoms with van der Waals surface area (Å²) >= 11 is 0. The quantitative estimate of drug-likeness (QED) is 0.709. The molecule has 130 valence electrons. The van der Waals surface area contributed by atoms with Crippen molar-refractivity contribution in [3.63, 3.8) is 0 Å². The summed E-state index contributed by atoms with van der Waals surface area (Å²) in [5.74, 6) is 0.418. The van der Waals surface area contributed by atoms with Crippen LogP contribution in [-0.2, 0) is 0 Å². The monoisotopic (exact) mass is 330 g/mol. The van der Waals surface area contributed by atoms with Gasteiger partial charge in [-0.2, -0.15) is 0 Å². The van der Waals surface area contributed by atoms with Gasteiger partial charge >= 0.3 is 0 Å². The van der Waals surface area contributed by atoms with Gasteiger partial charge in [0.05, 0.1) is 30.7 Å². The summed E-state index contributed by atoms with van der Waals surface area (Å²) in [7, 11) is 1.88. The molecule has 4 rings (SSSR count). The van der Waals surface area contributed by atoms with Gasteiger partial charge in [0.1, 0.15) is 4.87 Å². The van der Waals surface area contributed by atoms with Gasteiger partial charge < -0.3 is 5.73 Å². The molecule has 0 bridgehead atoms. The number of benzene rings is 1. The Kier molecular flexibility index (Phi) is 4.28. The largest absolute Gasteiger partial charge is 0.328 e. The van der Waals surface area contributed by atoms with E-state index in [0.717, 1.165) is 32.2 Å². The van der Waals surface area contributed by atoms with Crippen LogP contribution in [0, 0.1) is 10.8 Å². The van der Waals surface area contributed by atoms with Gasteiger partial charge in [-0.15, -0.1) is 5.01 Å². The van der Waals surface area contributed by atoms with Crippen molar-refractivity contribution in [1.82, 2.24) is 15.6 Å². The fraction of sp³-hybridized carbons (Fsp3) is 0.667. The summed E-state index contributed by atoms with van der Waals surface area (Å²) in [6, 6.07) is 11.3. The van der Waals surface area contributed by atoms with Gasteiger partial charge in [-0.3, -0.25) is 10.6 Å². The Morgan fingerprint density at radius 2 is 1.96 bits per heavy atom. The van der Waals surface area contributed by atoms with Crippen molar-refractivity contribution in [3.8, 4) is 0 Å². The van der Waals surface area contributed by atoms with Crippen molar-refractivity contribution >= 4 is 0 Å². The Bertz CT molecular complexity index is 594. The van der Waals surface area contributed by atoms with Crippen LogP contribution in [0.3, 0.4) is 0 Å². The molecule has 3 aliphatic rings. The maximum Gasteiger partial charge on any atom is 0.251 e. The van der Waals surface area contributed by atoms with E-state index in [1.165, 1.54) is 10.4 Å². The summed E-state index contributed by atoms with van der Waals surface area (Å²) in [6.07, 6.45) is 4.16. The van der Waals surface area contributed by atoms with E-state index in [0.29, 0.717) is 12.0 Å². The summed E-state index contributed by atoms with van der Waals surface area (Å²) in [5.41, 5.74) is 7.49. The molecule has 0 aromatic heterocycles. The maximum atomic E-state index is 12.6. The van der Waals surface area contributed by atoms with Crippen LogP contribution >= 0.6 is 0 Å². The van der Waals surface area contributed by atoms with Gasteiger partial charge in [0.2, 0.25) is 0 Å². The molecule has 1 aromatic carbocycles. The Balaban J connectivity index is 1.61. The zero-order valence-corrected chi connectivity index (χ0v) is 14.3. The lowest BCUT2D eigenvalue weighted by Crippen LogP contribution is -2.65. The SMILES string of the molecule is CN1CCC(C2NC(c3ccccc3)NC3CCC(N)CC32)[N+]1=O. The van der Waals surface area contributed by atoms with Crippen molar-refractivity contribution < 1.29 is 4.87 Å². The van der Waals surface area contributed by atoms with Crippen molar-refractivity contribution in [3.05, 3.63) is 40.8 Å². The lowest BCUT2D eigenvalue weighted by Gasteiger charge is -2.47. The molecule has 6 unspecified atom stereocenters. The van der Waals surface area contributed by atoms with Crippen LogP contribution in [0.5, 0.6) is 0 Å². The minimum Gasteiger partial charge on any atom is -0.328 e. The van der Waals surface area contributed by atoms with E-state index in [-0.39, 0.29) is 24.3 Å². The first kappa shape index (κ1) is 16.0. The molecular weight excluding hydrogens is 302 g/mol. The molecular formula is C18H28N5O+. The number of nitroso groups, excluding NO2 is 1. The molecule has 24 heavy (non-hydrogen) atoms. The Labute approximate surface area is 143 Å². The van der Waals surface area contributed by atoms with Gasteiger partial charge in [0.15, 0.2) is 0 Å². The van der Waals surface area contributed by atoms with Gasteiger partial charge in [-0.05, 0) is 30.7 Å². The van der Waals surface area contributed by atoms with E-state index < -0.39 is 0 Å². The highest BCUT2D eigenvalue weighted by Gasteiger charge is 2.52. The van der Waals surface area contributed by atoms with Crippen LogP contribution in [0.2, 0.25) is 0 Å². The van der Waals surface area contributed by atoms with Crippen LogP contribution in [-0.4, -0.2) is 47.6 Å². The number of hydrogen-bond acceptors (Lipinski definition) is 4. The maximum absolute atomic E-state index is 12.6. The summed E-state index contributed by atoms with van der Waals surface area (Å²) in [6.45, 7) is 0.833.